The quantitative estimate of drug-likeness (QED) is 0.758. The monoisotopic (exact) mass is 308 g/mol. The van der Waals surface area contributed by atoms with Crippen molar-refractivity contribution in [1.82, 2.24) is 5.32 Å². The van der Waals surface area contributed by atoms with Gasteiger partial charge in [0.25, 0.3) is 0 Å². The van der Waals surface area contributed by atoms with Gasteiger partial charge in [-0.2, -0.15) is 11.3 Å². The molecule has 1 heterocycles. The van der Waals surface area contributed by atoms with Crippen molar-refractivity contribution in [1.29, 1.82) is 0 Å². The van der Waals surface area contributed by atoms with Gasteiger partial charge in [-0.3, -0.25) is 0 Å². The summed E-state index contributed by atoms with van der Waals surface area (Å²) >= 11 is 1.66. The van der Waals surface area contributed by atoms with Crippen LogP contribution < -0.4 is 10.2 Å². The Morgan fingerprint density at radius 1 is 1.29 bits per heavy atom. The predicted octanol–water partition coefficient (Wildman–Crippen LogP) is 3.26. The molecule has 0 atom stereocenters. The number of nitrogens with zero attached hydrogens (tertiary/aromatic N) is 1. The molecule has 114 valence electrons. The molecule has 0 amide bonds. The SMILES string of the molecule is COCCNCc1ccc(N(C)Cc2ccsc2)c(F)c1. The van der Waals surface area contributed by atoms with E-state index in [1.54, 1.807) is 24.5 Å². The average Bonchev–Trinajstić information content (AvgIpc) is 2.96. The molecule has 3 nitrogen and oxygen atoms in total. The van der Waals surface area contributed by atoms with E-state index < -0.39 is 0 Å². The van der Waals surface area contributed by atoms with Crippen LogP contribution in [0.25, 0.3) is 0 Å². The molecule has 1 aromatic carbocycles. The van der Waals surface area contributed by atoms with Gasteiger partial charge >= 0.3 is 0 Å². The summed E-state index contributed by atoms with van der Waals surface area (Å²) < 4.78 is 19.2. The number of hydrogen-bond acceptors (Lipinski definition) is 4. The van der Waals surface area contributed by atoms with Crippen LogP contribution in [0, 0.1) is 5.82 Å². The lowest BCUT2D eigenvalue weighted by Crippen LogP contribution is -2.20. The summed E-state index contributed by atoms with van der Waals surface area (Å²) in [5.74, 6) is -0.182. The van der Waals surface area contributed by atoms with E-state index in [4.69, 9.17) is 4.74 Å². The smallest absolute Gasteiger partial charge is 0.146 e. The molecule has 2 aromatic rings. The predicted molar refractivity (Wildman–Crippen MR) is 86.4 cm³/mol. The molecule has 0 saturated carbocycles. The first-order valence-corrected chi connectivity index (χ1v) is 7.85. The van der Waals surface area contributed by atoms with E-state index in [0.29, 0.717) is 25.4 Å². The average molecular weight is 308 g/mol. The first-order valence-electron chi connectivity index (χ1n) is 6.91. The van der Waals surface area contributed by atoms with Crippen LogP contribution in [0.1, 0.15) is 11.1 Å². The maximum absolute atomic E-state index is 14.2. The number of halogens is 1. The molecular formula is C16H21FN2OS. The van der Waals surface area contributed by atoms with E-state index in [0.717, 1.165) is 12.1 Å². The Labute approximate surface area is 129 Å². The van der Waals surface area contributed by atoms with Gasteiger partial charge in [0.15, 0.2) is 0 Å². The Morgan fingerprint density at radius 3 is 2.81 bits per heavy atom. The molecule has 0 aliphatic heterocycles. The molecule has 0 spiro atoms. The summed E-state index contributed by atoms with van der Waals surface area (Å²) in [6, 6.07) is 7.46. The van der Waals surface area contributed by atoms with E-state index in [1.165, 1.54) is 5.56 Å². The molecule has 0 saturated heterocycles. The van der Waals surface area contributed by atoms with Crippen LogP contribution in [0.4, 0.5) is 10.1 Å². The largest absolute Gasteiger partial charge is 0.383 e. The number of hydrogen-bond donors (Lipinski definition) is 1. The molecule has 21 heavy (non-hydrogen) atoms. The first-order chi connectivity index (χ1) is 10.2. The van der Waals surface area contributed by atoms with Gasteiger partial charge in [0.2, 0.25) is 0 Å². The third kappa shape index (κ3) is 4.81. The fraction of sp³-hybridized carbons (Fsp3) is 0.375. The zero-order chi connectivity index (χ0) is 15.1. The summed E-state index contributed by atoms with van der Waals surface area (Å²) in [7, 11) is 3.58. The second-order valence-electron chi connectivity index (χ2n) is 4.94. The molecule has 0 aliphatic rings. The summed E-state index contributed by atoms with van der Waals surface area (Å²) in [5.41, 5.74) is 2.77. The van der Waals surface area contributed by atoms with Crippen molar-refractivity contribution in [2.75, 3.05) is 32.2 Å². The van der Waals surface area contributed by atoms with Crippen molar-refractivity contribution in [2.45, 2.75) is 13.1 Å². The Hall–Kier alpha value is -1.43. The fourth-order valence-electron chi connectivity index (χ4n) is 2.12. The summed E-state index contributed by atoms with van der Waals surface area (Å²) in [5, 5.41) is 7.33. The second kappa shape index (κ2) is 8.12. The number of benzene rings is 1. The maximum atomic E-state index is 14.2. The zero-order valence-electron chi connectivity index (χ0n) is 12.4. The molecule has 5 heteroatoms. The van der Waals surface area contributed by atoms with Crippen molar-refractivity contribution >= 4 is 17.0 Å². The Balaban J connectivity index is 1.94. The lowest BCUT2D eigenvalue weighted by molar-refractivity contribution is 0.199. The highest BCUT2D eigenvalue weighted by Gasteiger charge is 2.09. The van der Waals surface area contributed by atoms with Crippen molar-refractivity contribution in [3.05, 3.63) is 52.0 Å². The molecule has 0 unspecified atom stereocenters. The highest BCUT2D eigenvalue weighted by molar-refractivity contribution is 7.07. The lowest BCUT2D eigenvalue weighted by atomic mass is 10.1. The third-order valence-corrected chi connectivity index (χ3v) is 3.97. The van der Waals surface area contributed by atoms with E-state index in [9.17, 15) is 4.39 Å². The summed E-state index contributed by atoms with van der Waals surface area (Å²) in [6.07, 6.45) is 0. The van der Waals surface area contributed by atoms with E-state index in [2.05, 4.69) is 16.8 Å². The first kappa shape index (κ1) is 15.9. The molecule has 1 N–H and O–H groups in total. The number of methoxy groups -OCH3 is 1. The summed E-state index contributed by atoms with van der Waals surface area (Å²) in [6.45, 7) is 2.78. The third-order valence-electron chi connectivity index (χ3n) is 3.24. The van der Waals surface area contributed by atoms with Crippen molar-refractivity contribution < 1.29 is 9.13 Å². The standard InChI is InChI=1S/C16H21FN2OS/c1-19(11-14-5-8-21-12-14)16-4-3-13(9-15(16)17)10-18-6-7-20-2/h3-5,8-9,12,18H,6-7,10-11H2,1-2H3. The minimum absolute atomic E-state index is 0.182. The van der Waals surface area contributed by atoms with Gasteiger partial charge in [0, 0.05) is 33.8 Å². The van der Waals surface area contributed by atoms with Crippen LogP contribution in [0.3, 0.4) is 0 Å². The minimum atomic E-state index is -0.182. The lowest BCUT2D eigenvalue weighted by Gasteiger charge is -2.20. The fourth-order valence-corrected chi connectivity index (χ4v) is 2.78. The Morgan fingerprint density at radius 2 is 2.14 bits per heavy atom. The maximum Gasteiger partial charge on any atom is 0.146 e. The molecule has 0 bridgehead atoms. The van der Waals surface area contributed by atoms with Gasteiger partial charge in [0.1, 0.15) is 5.82 Å². The van der Waals surface area contributed by atoms with Crippen LogP contribution in [0.5, 0.6) is 0 Å². The molecule has 0 radical (unpaired) electrons. The second-order valence-corrected chi connectivity index (χ2v) is 5.72. The van der Waals surface area contributed by atoms with Crippen molar-refractivity contribution in [3.63, 3.8) is 0 Å². The molecule has 2 rings (SSSR count). The van der Waals surface area contributed by atoms with Gasteiger partial charge in [0.05, 0.1) is 12.3 Å². The van der Waals surface area contributed by atoms with E-state index in [1.807, 2.05) is 29.5 Å². The Bertz CT molecular complexity index is 545. The topological polar surface area (TPSA) is 24.5 Å². The van der Waals surface area contributed by atoms with E-state index in [-0.39, 0.29) is 5.82 Å². The van der Waals surface area contributed by atoms with Gasteiger partial charge in [-0.25, -0.2) is 4.39 Å². The zero-order valence-corrected chi connectivity index (χ0v) is 13.3. The van der Waals surface area contributed by atoms with Gasteiger partial charge in [-0.1, -0.05) is 6.07 Å². The molecular weight excluding hydrogens is 287 g/mol. The number of thiophene rings is 1. The number of nitrogens with one attached hydrogen (secondary N) is 1. The van der Waals surface area contributed by atoms with Crippen LogP contribution in [0.15, 0.2) is 35.0 Å². The van der Waals surface area contributed by atoms with Crippen LogP contribution in [-0.2, 0) is 17.8 Å². The summed E-state index contributed by atoms with van der Waals surface area (Å²) in [4.78, 5) is 1.93. The number of rotatable bonds is 8. The Kier molecular flexibility index (Phi) is 6.17. The van der Waals surface area contributed by atoms with Gasteiger partial charge < -0.3 is 15.0 Å². The highest BCUT2D eigenvalue weighted by atomic mass is 32.1. The van der Waals surface area contributed by atoms with Crippen LogP contribution in [0.2, 0.25) is 0 Å². The highest BCUT2D eigenvalue weighted by Crippen LogP contribution is 2.21. The van der Waals surface area contributed by atoms with Crippen LogP contribution in [-0.4, -0.2) is 27.3 Å². The minimum Gasteiger partial charge on any atom is -0.383 e. The molecule has 1 aromatic heterocycles. The molecule has 0 fully saturated rings. The van der Waals surface area contributed by atoms with E-state index >= 15 is 0 Å². The molecule has 0 aliphatic carbocycles. The van der Waals surface area contributed by atoms with Crippen LogP contribution >= 0.6 is 11.3 Å². The van der Waals surface area contributed by atoms with Crippen molar-refractivity contribution in [2.24, 2.45) is 0 Å². The van der Waals surface area contributed by atoms with Gasteiger partial charge in [-0.05, 0) is 40.1 Å². The van der Waals surface area contributed by atoms with Crippen molar-refractivity contribution in [3.8, 4) is 0 Å². The normalized spacial score (nSPS) is 10.8. The van der Waals surface area contributed by atoms with Gasteiger partial charge in [-0.15, -0.1) is 0 Å². The number of anilines is 1. The number of ether oxygens (including phenoxy) is 1.